The van der Waals surface area contributed by atoms with Crippen LogP contribution in [0.4, 0.5) is 0 Å². The molecule has 140 valence electrons. The highest BCUT2D eigenvalue weighted by molar-refractivity contribution is 7.13. The number of aromatic nitrogens is 1. The van der Waals surface area contributed by atoms with E-state index < -0.39 is 12.0 Å². The van der Waals surface area contributed by atoms with E-state index in [1.807, 2.05) is 50.4 Å². The number of carboxylic acids is 1. The molecule has 1 aromatic carbocycles. The maximum absolute atomic E-state index is 12.1. The summed E-state index contributed by atoms with van der Waals surface area (Å²) >= 11 is 1.45. The molecule has 1 atom stereocenters. The summed E-state index contributed by atoms with van der Waals surface area (Å²) in [5, 5.41) is 14.4. The number of carbonyl (C=O) groups is 2. The number of hydrogen-bond donors (Lipinski definition) is 2. The van der Waals surface area contributed by atoms with Gasteiger partial charge < -0.3 is 15.2 Å². The zero-order valence-corrected chi connectivity index (χ0v) is 16.0. The lowest BCUT2D eigenvalue weighted by atomic mass is 10.0. The summed E-state index contributed by atoms with van der Waals surface area (Å²) in [5.41, 5.74) is 1.58. The van der Waals surface area contributed by atoms with Crippen molar-refractivity contribution in [1.29, 1.82) is 0 Å². The monoisotopic (exact) mass is 376 g/mol. The molecule has 2 rings (SSSR count). The average molecular weight is 376 g/mol. The molecule has 0 spiro atoms. The molecule has 0 bridgehead atoms. The van der Waals surface area contributed by atoms with E-state index in [4.69, 9.17) is 4.74 Å². The van der Waals surface area contributed by atoms with Gasteiger partial charge in [0.15, 0.2) is 0 Å². The van der Waals surface area contributed by atoms with Crippen LogP contribution < -0.4 is 10.1 Å². The Balaban J connectivity index is 1.98. The molecule has 26 heavy (non-hydrogen) atoms. The second kappa shape index (κ2) is 9.33. The maximum Gasteiger partial charge on any atom is 0.326 e. The molecule has 7 heteroatoms. The second-order valence-corrected chi connectivity index (χ2v) is 7.22. The van der Waals surface area contributed by atoms with Gasteiger partial charge in [-0.25, -0.2) is 9.78 Å². The highest BCUT2D eigenvalue weighted by atomic mass is 32.1. The van der Waals surface area contributed by atoms with Crippen LogP contribution in [0.15, 0.2) is 29.6 Å². The van der Waals surface area contributed by atoms with Gasteiger partial charge in [-0.3, -0.25) is 4.79 Å². The molecule has 1 unspecified atom stereocenters. The predicted octanol–water partition coefficient (Wildman–Crippen LogP) is 3.37. The molecule has 6 nitrogen and oxygen atoms in total. The van der Waals surface area contributed by atoms with Crippen molar-refractivity contribution in [3.63, 3.8) is 0 Å². The van der Waals surface area contributed by atoms with Crippen molar-refractivity contribution in [1.82, 2.24) is 10.3 Å². The van der Waals surface area contributed by atoms with E-state index in [2.05, 4.69) is 10.3 Å². The maximum atomic E-state index is 12.1. The third-order valence-electron chi connectivity index (χ3n) is 3.65. The molecule has 0 radical (unpaired) electrons. The molecule has 0 aliphatic rings. The predicted molar refractivity (Wildman–Crippen MR) is 101 cm³/mol. The van der Waals surface area contributed by atoms with Crippen LogP contribution in [-0.2, 0) is 16.0 Å². The number of hydrogen-bond acceptors (Lipinski definition) is 5. The van der Waals surface area contributed by atoms with Gasteiger partial charge in [-0.05, 0) is 43.5 Å². The van der Waals surface area contributed by atoms with Crippen LogP contribution >= 0.6 is 11.3 Å². The fourth-order valence-corrected chi connectivity index (χ4v) is 3.31. The number of benzene rings is 1. The normalized spacial score (nSPS) is 12.0. The van der Waals surface area contributed by atoms with Crippen LogP contribution in [0.2, 0.25) is 0 Å². The minimum atomic E-state index is -1.01. The zero-order chi connectivity index (χ0) is 19.1. The van der Waals surface area contributed by atoms with E-state index in [-0.39, 0.29) is 18.2 Å². The van der Waals surface area contributed by atoms with Gasteiger partial charge in [0.1, 0.15) is 16.8 Å². The first-order valence-corrected chi connectivity index (χ1v) is 9.46. The summed E-state index contributed by atoms with van der Waals surface area (Å²) in [6, 6.07) is 6.76. The minimum Gasteiger partial charge on any atom is -0.494 e. The molecular formula is C19H24N2O4S. The van der Waals surface area contributed by atoms with E-state index in [0.29, 0.717) is 18.7 Å². The van der Waals surface area contributed by atoms with E-state index in [9.17, 15) is 14.7 Å². The lowest BCUT2D eigenvalue weighted by Gasteiger charge is -2.16. The van der Waals surface area contributed by atoms with Crippen molar-refractivity contribution in [2.24, 2.45) is 5.92 Å². The molecule has 2 N–H and O–H groups in total. The molecule has 1 heterocycles. The summed E-state index contributed by atoms with van der Waals surface area (Å²) in [7, 11) is 0. The number of nitrogens with zero attached hydrogens (tertiary/aromatic N) is 1. The van der Waals surface area contributed by atoms with Crippen molar-refractivity contribution in [3.8, 4) is 16.3 Å². The Morgan fingerprint density at radius 2 is 1.96 bits per heavy atom. The highest BCUT2D eigenvalue weighted by Gasteiger charge is 2.21. The van der Waals surface area contributed by atoms with E-state index >= 15 is 0 Å². The Kier molecular flexibility index (Phi) is 7.15. The minimum absolute atomic E-state index is 0.0649. The van der Waals surface area contributed by atoms with Gasteiger partial charge >= 0.3 is 5.97 Å². The number of aliphatic carboxylic acids is 1. The zero-order valence-electron chi connectivity index (χ0n) is 15.2. The Morgan fingerprint density at radius 1 is 1.27 bits per heavy atom. The number of carbonyl (C=O) groups excluding carboxylic acids is 1. The summed E-state index contributed by atoms with van der Waals surface area (Å²) in [6.45, 7) is 6.39. The van der Waals surface area contributed by atoms with Crippen LogP contribution in [0.5, 0.6) is 5.75 Å². The molecule has 0 fully saturated rings. The third-order valence-corrected chi connectivity index (χ3v) is 4.59. The van der Waals surface area contributed by atoms with Gasteiger partial charge in [0.05, 0.1) is 18.7 Å². The third kappa shape index (κ3) is 5.84. The van der Waals surface area contributed by atoms with Gasteiger partial charge in [0.25, 0.3) is 0 Å². The van der Waals surface area contributed by atoms with E-state index in [1.54, 1.807) is 0 Å². The van der Waals surface area contributed by atoms with Gasteiger partial charge in [-0.2, -0.15) is 0 Å². The summed E-state index contributed by atoms with van der Waals surface area (Å²) in [5.74, 6) is -0.360. The van der Waals surface area contributed by atoms with Gasteiger partial charge in [-0.1, -0.05) is 13.8 Å². The molecule has 0 aliphatic carbocycles. The fourth-order valence-electron chi connectivity index (χ4n) is 2.48. The van der Waals surface area contributed by atoms with Crippen molar-refractivity contribution < 1.29 is 19.4 Å². The highest BCUT2D eigenvalue weighted by Crippen LogP contribution is 2.26. The quantitative estimate of drug-likeness (QED) is 0.700. The lowest BCUT2D eigenvalue weighted by Crippen LogP contribution is -2.42. The number of nitrogens with one attached hydrogen (secondary N) is 1. The fraction of sp³-hybridized carbons (Fsp3) is 0.421. The van der Waals surface area contributed by atoms with Gasteiger partial charge in [0.2, 0.25) is 5.91 Å². The van der Waals surface area contributed by atoms with Crippen molar-refractivity contribution >= 4 is 23.2 Å². The molecule has 1 amide bonds. The second-order valence-electron chi connectivity index (χ2n) is 6.37. The first kappa shape index (κ1) is 19.9. The largest absolute Gasteiger partial charge is 0.494 e. The van der Waals surface area contributed by atoms with Crippen molar-refractivity contribution in [2.45, 2.75) is 39.7 Å². The first-order chi connectivity index (χ1) is 12.4. The van der Waals surface area contributed by atoms with Crippen molar-refractivity contribution in [2.75, 3.05) is 6.61 Å². The molecule has 2 aromatic rings. The number of amides is 1. The standard InChI is InChI=1S/C19H24N2O4S/c1-4-25-15-7-5-13(6-8-15)18-20-14(11-26-18)10-17(22)21-16(19(23)24)9-12(2)3/h5-8,11-12,16H,4,9-10H2,1-3H3,(H,21,22)(H,23,24). The van der Waals surface area contributed by atoms with E-state index in [0.717, 1.165) is 16.3 Å². The van der Waals surface area contributed by atoms with Crippen LogP contribution in [-0.4, -0.2) is 34.6 Å². The van der Waals surface area contributed by atoms with E-state index in [1.165, 1.54) is 11.3 Å². The Labute approximate surface area is 157 Å². The SMILES string of the molecule is CCOc1ccc(-c2nc(CC(=O)NC(CC(C)C)C(=O)O)cs2)cc1. The Hall–Kier alpha value is -2.41. The smallest absolute Gasteiger partial charge is 0.326 e. The summed E-state index contributed by atoms with van der Waals surface area (Å²) in [6.07, 6.45) is 0.463. The molecule has 0 saturated heterocycles. The van der Waals surface area contributed by atoms with Crippen molar-refractivity contribution in [3.05, 3.63) is 35.3 Å². The van der Waals surface area contributed by atoms with Crippen LogP contribution in [0.3, 0.4) is 0 Å². The topological polar surface area (TPSA) is 88.5 Å². The molecular weight excluding hydrogens is 352 g/mol. The summed E-state index contributed by atoms with van der Waals surface area (Å²) in [4.78, 5) is 27.9. The molecule has 1 aromatic heterocycles. The molecule has 0 aliphatic heterocycles. The number of rotatable bonds is 9. The lowest BCUT2D eigenvalue weighted by molar-refractivity contribution is -0.142. The van der Waals surface area contributed by atoms with Crippen LogP contribution in [0.1, 0.15) is 32.9 Å². The number of carboxylic acid groups (broad SMARTS) is 1. The van der Waals surface area contributed by atoms with Crippen LogP contribution in [0, 0.1) is 5.92 Å². The van der Waals surface area contributed by atoms with Gasteiger partial charge in [-0.15, -0.1) is 11.3 Å². The van der Waals surface area contributed by atoms with Crippen LogP contribution in [0.25, 0.3) is 10.6 Å². The summed E-state index contributed by atoms with van der Waals surface area (Å²) < 4.78 is 5.42. The number of ether oxygens (including phenoxy) is 1. The van der Waals surface area contributed by atoms with Gasteiger partial charge in [0, 0.05) is 10.9 Å². The molecule has 0 saturated carbocycles. The Morgan fingerprint density at radius 3 is 2.54 bits per heavy atom. The first-order valence-electron chi connectivity index (χ1n) is 8.58. The Bertz CT molecular complexity index is 740. The average Bonchev–Trinajstić information content (AvgIpc) is 3.03. The number of thiazole rings is 1.